The molecule has 266 valence electrons. The molecule has 12 rings (SSSR count). The van der Waals surface area contributed by atoms with Gasteiger partial charge in [0.25, 0.3) is 0 Å². The van der Waals surface area contributed by atoms with E-state index >= 15 is 0 Å². The fourth-order valence-electron chi connectivity index (χ4n) is 9.14. The number of hydrogen-bond acceptors (Lipinski definition) is 1. The summed E-state index contributed by atoms with van der Waals surface area (Å²) in [6, 6.07) is 74.3. The van der Waals surface area contributed by atoms with Crippen LogP contribution in [0.5, 0.6) is 0 Å². The van der Waals surface area contributed by atoms with Crippen molar-refractivity contribution in [1.82, 2.24) is 9.13 Å². The lowest BCUT2D eigenvalue weighted by atomic mass is 9.97. The number of benzene rings is 9. The zero-order valence-corrected chi connectivity index (χ0v) is 30.9. The normalized spacial score (nSPS) is 11.9. The van der Waals surface area contributed by atoms with Crippen LogP contribution < -0.4 is 0 Å². The van der Waals surface area contributed by atoms with Gasteiger partial charge in [0.15, 0.2) is 0 Å². The Morgan fingerprint density at radius 2 is 0.895 bits per heavy atom. The van der Waals surface area contributed by atoms with E-state index in [0.717, 1.165) is 55.5 Å². The standard InChI is InChI=1S/C54H34N2O/c1-3-14-35(15-4-1)36-16-13-17-39(32-36)41-29-31-50(53-45-22-9-12-25-52(45)57-54(41)53)56-48-24-11-8-21-43(48)46-33-37(27-30-49(46)56)38-26-28-44-42-20-7-10-23-47(42)55(51(44)34-38)40-18-5-2-6-19-40/h1-34H. The van der Waals surface area contributed by atoms with Crippen molar-refractivity contribution in [3.63, 3.8) is 0 Å². The second-order valence-electron chi connectivity index (χ2n) is 14.9. The molecule has 3 nitrogen and oxygen atoms in total. The van der Waals surface area contributed by atoms with Crippen LogP contribution in [0.1, 0.15) is 0 Å². The van der Waals surface area contributed by atoms with Crippen LogP contribution >= 0.6 is 0 Å². The van der Waals surface area contributed by atoms with Crippen LogP contribution in [0.25, 0.3) is 110 Å². The first-order valence-corrected chi connectivity index (χ1v) is 19.5. The minimum atomic E-state index is 0.881. The van der Waals surface area contributed by atoms with E-state index < -0.39 is 0 Å². The van der Waals surface area contributed by atoms with E-state index in [0.29, 0.717) is 0 Å². The highest BCUT2D eigenvalue weighted by Crippen LogP contribution is 2.44. The Labute approximate surface area is 328 Å². The Morgan fingerprint density at radius 3 is 1.72 bits per heavy atom. The lowest BCUT2D eigenvalue weighted by molar-refractivity contribution is 0.670. The molecule has 0 saturated carbocycles. The molecule has 57 heavy (non-hydrogen) atoms. The number of fused-ring (bicyclic) bond motifs is 9. The molecule has 0 unspecified atom stereocenters. The molecule has 3 aromatic heterocycles. The van der Waals surface area contributed by atoms with Crippen molar-refractivity contribution < 1.29 is 4.42 Å². The molecule has 9 aromatic carbocycles. The fourth-order valence-corrected chi connectivity index (χ4v) is 9.14. The summed E-state index contributed by atoms with van der Waals surface area (Å²) in [5, 5.41) is 7.16. The molecule has 0 aliphatic carbocycles. The van der Waals surface area contributed by atoms with Crippen molar-refractivity contribution in [2.75, 3.05) is 0 Å². The van der Waals surface area contributed by atoms with Gasteiger partial charge in [-0.05, 0) is 94.5 Å². The number of para-hydroxylation sites is 4. The van der Waals surface area contributed by atoms with E-state index in [1.807, 2.05) is 0 Å². The minimum Gasteiger partial charge on any atom is -0.455 e. The lowest BCUT2D eigenvalue weighted by Crippen LogP contribution is -1.96. The maximum atomic E-state index is 6.81. The predicted octanol–water partition coefficient (Wildman–Crippen LogP) is 14.8. The number of nitrogens with zero attached hydrogens (tertiary/aromatic N) is 2. The molecule has 0 radical (unpaired) electrons. The van der Waals surface area contributed by atoms with Gasteiger partial charge in [0.05, 0.1) is 33.1 Å². The summed E-state index contributed by atoms with van der Waals surface area (Å²) >= 11 is 0. The third-order valence-electron chi connectivity index (χ3n) is 11.7. The Hall–Kier alpha value is -7.62. The second kappa shape index (κ2) is 12.5. The van der Waals surface area contributed by atoms with E-state index in [4.69, 9.17) is 4.42 Å². The molecule has 0 amide bonds. The van der Waals surface area contributed by atoms with Crippen molar-refractivity contribution in [3.8, 4) is 44.8 Å². The monoisotopic (exact) mass is 726 g/mol. The first kappa shape index (κ1) is 31.7. The average molecular weight is 727 g/mol. The Bertz CT molecular complexity index is 3510. The summed E-state index contributed by atoms with van der Waals surface area (Å²) in [6.45, 7) is 0. The summed E-state index contributed by atoms with van der Waals surface area (Å²) in [4.78, 5) is 0. The average Bonchev–Trinajstić information content (AvgIpc) is 3.94. The predicted molar refractivity (Wildman–Crippen MR) is 239 cm³/mol. The molecule has 0 bridgehead atoms. The third-order valence-corrected chi connectivity index (χ3v) is 11.7. The highest BCUT2D eigenvalue weighted by atomic mass is 16.3. The lowest BCUT2D eigenvalue weighted by Gasteiger charge is -2.13. The maximum absolute atomic E-state index is 6.81. The molecule has 0 N–H and O–H groups in total. The summed E-state index contributed by atoms with van der Waals surface area (Å²) < 4.78 is 11.6. The zero-order valence-electron chi connectivity index (χ0n) is 30.9. The van der Waals surface area contributed by atoms with Crippen molar-refractivity contribution in [1.29, 1.82) is 0 Å². The van der Waals surface area contributed by atoms with Gasteiger partial charge < -0.3 is 13.6 Å². The molecule has 0 atom stereocenters. The third kappa shape index (κ3) is 4.86. The van der Waals surface area contributed by atoms with Gasteiger partial charge in [-0.1, -0.05) is 140 Å². The van der Waals surface area contributed by atoms with Gasteiger partial charge in [-0.2, -0.15) is 0 Å². The first-order valence-electron chi connectivity index (χ1n) is 19.5. The van der Waals surface area contributed by atoms with E-state index in [1.165, 1.54) is 54.8 Å². The SMILES string of the molecule is c1ccc(-c2cccc(-c3ccc(-n4c5ccccc5c5cc(-c6ccc7c8ccccc8n(-c8ccccc8)c7c6)ccc54)c4c3oc3ccccc34)c2)cc1. The molecular weight excluding hydrogens is 693 g/mol. The van der Waals surface area contributed by atoms with Crippen molar-refractivity contribution in [3.05, 3.63) is 206 Å². The van der Waals surface area contributed by atoms with Gasteiger partial charge in [-0.25, -0.2) is 0 Å². The largest absolute Gasteiger partial charge is 0.455 e. The summed E-state index contributed by atoms with van der Waals surface area (Å²) in [5.74, 6) is 0. The van der Waals surface area contributed by atoms with Gasteiger partial charge in [-0.3, -0.25) is 0 Å². The molecule has 0 spiro atoms. The number of furan rings is 1. The van der Waals surface area contributed by atoms with Crippen LogP contribution in [0.3, 0.4) is 0 Å². The number of rotatable bonds is 5. The van der Waals surface area contributed by atoms with E-state index in [2.05, 4.69) is 215 Å². The first-order chi connectivity index (χ1) is 28.3. The number of aromatic nitrogens is 2. The molecule has 12 aromatic rings. The Balaban J connectivity index is 1.07. The van der Waals surface area contributed by atoms with Crippen LogP contribution in [0.15, 0.2) is 211 Å². The zero-order chi connectivity index (χ0) is 37.5. The molecule has 0 fully saturated rings. The van der Waals surface area contributed by atoms with Crippen molar-refractivity contribution in [2.24, 2.45) is 0 Å². The topological polar surface area (TPSA) is 23.0 Å². The van der Waals surface area contributed by atoms with Gasteiger partial charge in [-0.15, -0.1) is 0 Å². The Morgan fingerprint density at radius 1 is 0.316 bits per heavy atom. The van der Waals surface area contributed by atoms with Gasteiger partial charge in [0, 0.05) is 38.2 Å². The summed E-state index contributed by atoms with van der Waals surface area (Å²) in [7, 11) is 0. The van der Waals surface area contributed by atoms with Crippen LogP contribution in [-0.4, -0.2) is 9.13 Å². The highest BCUT2D eigenvalue weighted by molar-refractivity contribution is 6.17. The maximum Gasteiger partial charge on any atom is 0.145 e. The van der Waals surface area contributed by atoms with E-state index in [9.17, 15) is 0 Å². The quantitative estimate of drug-likeness (QED) is 0.173. The fraction of sp³-hybridized carbons (Fsp3) is 0. The van der Waals surface area contributed by atoms with Gasteiger partial charge in [0.1, 0.15) is 11.2 Å². The van der Waals surface area contributed by atoms with Crippen LogP contribution in [0, 0.1) is 0 Å². The van der Waals surface area contributed by atoms with E-state index in [1.54, 1.807) is 0 Å². The molecule has 0 aliphatic rings. The minimum absolute atomic E-state index is 0.881. The van der Waals surface area contributed by atoms with Crippen LogP contribution in [-0.2, 0) is 0 Å². The second-order valence-corrected chi connectivity index (χ2v) is 14.9. The summed E-state index contributed by atoms with van der Waals surface area (Å²) in [5.41, 5.74) is 15.7. The Kier molecular flexibility index (Phi) is 6.93. The molecule has 3 heterocycles. The van der Waals surface area contributed by atoms with Crippen molar-refractivity contribution in [2.45, 2.75) is 0 Å². The van der Waals surface area contributed by atoms with Crippen molar-refractivity contribution >= 4 is 65.6 Å². The summed E-state index contributed by atoms with van der Waals surface area (Å²) in [6.07, 6.45) is 0. The highest BCUT2D eigenvalue weighted by Gasteiger charge is 2.21. The molecule has 0 saturated heterocycles. The van der Waals surface area contributed by atoms with Gasteiger partial charge in [0.2, 0.25) is 0 Å². The molecular formula is C54H34N2O. The van der Waals surface area contributed by atoms with Crippen LogP contribution in [0.2, 0.25) is 0 Å². The van der Waals surface area contributed by atoms with E-state index in [-0.39, 0.29) is 0 Å². The smallest absolute Gasteiger partial charge is 0.145 e. The molecule has 3 heteroatoms. The van der Waals surface area contributed by atoms with Crippen LogP contribution in [0.4, 0.5) is 0 Å². The number of hydrogen-bond donors (Lipinski definition) is 0. The molecule has 0 aliphatic heterocycles. The van der Waals surface area contributed by atoms with Gasteiger partial charge >= 0.3 is 0 Å².